The van der Waals surface area contributed by atoms with Gasteiger partial charge in [0.25, 0.3) is 0 Å². The van der Waals surface area contributed by atoms with Gasteiger partial charge in [-0.2, -0.15) is 0 Å². The second-order valence-corrected chi connectivity index (χ2v) is 16.4. The topological polar surface area (TPSA) is 3.24 Å². The van der Waals surface area contributed by atoms with Gasteiger partial charge in [0, 0.05) is 43.0 Å². The van der Waals surface area contributed by atoms with E-state index in [4.69, 9.17) is 0 Å². The molecular weight excluding hydrogens is 647 g/mol. The summed E-state index contributed by atoms with van der Waals surface area (Å²) in [6.07, 6.45) is 0. The summed E-state index contributed by atoms with van der Waals surface area (Å²) in [7, 11) is 0. The minimum atomic E-state index is -0.0519. The van der Waals surface area contributed by atoms with Crippen LogP contribution < -0.4 is 4.90 Å². The van der Waals surface area contributed by atoms with E-state index < -0.39 is 0 Å². The number of hydrogen-bond donors (Lipinski definition) is 0. The van der Waals surface area contributed by atoms with Gasteiger partial charge in [-0.3, -0.25) is 0 Å². The molecule has 52 heavy (non-hydrogen) atoms. The Morgan fingerprint density at radius 1 is 0.423 bits per heavy atom. The van der Waals surface area contributed by atoms with E-state index in [1.165, 1.54) is 76.2 Å². The molecule has 250 valence electrons. The van der Waals surface area contributed by atoms with Gasteiger partial charge in [-0.15, -0.1) is 11.3 Å². The van der Waals surface area contributed by atoms with Crippen LogP contribution in [-0.4, -0.2) is 0 Å². The number of anilines is 3. The summed E-state index contributed by atoms with van der Waals surface area (Å²) in [5, 5.41) is 1.39. The van der Waals surface area contributed by atoms with Crippen molar-refractivity contribution in [2.75, 3.05) is 4.90 Å². The van der Waals surface area contributed by atoms with Crippen molar-refractivity contribution < 1.29 is 0 Å². The molecule has 0 aliphatic heterocycles. The molecule has 0 amide bonds. The van der Waals surface area contributed by atoms with Crippen LogP contribution in [0.2, 0.25) is 0 Å². The summed E-state index contributed by atoms with van der Waals surface area (Å²) in [4.78, 5) is 3.83. The normalized spacial score (nSPS) is 14.5. The van der Waals surface area contributed by atoms with Gasteiger partial charge >= 0.3 is 0 Å². The molecule has 0 N–H and O–H groups in total. The molecule has 1 heterocycles. The molecule has 1 aromatic heterocycles. The molecule has 0 atom stereocenters. The van der Waals surface area contributed by atoms with Gasteiger partial charge in [0.05, 0.1) is 0 Å². The molecule has 1 nitrogen and oxygen atoms in total. The van der Waals surface area contributed by atoms with Gasteiger partial charge in [0.2, 0.25) is 0 Å². The zero-order chi connectivity index (χ0) is 35.2. The Morgan fingerprint density at radius 3 is 1.77 bits per heavy atom. The summed E-state index contributed by atoms with van der Waals surface area (Å²) in [5.74, 6) is 0. The average Bonchev–Trinajstić information content (AvgIpc) is 3.76. The van der Waals surface area contributed by atoms with Crippen LogP contribution in [0.25, 0.3) is 53.9 Å². The summed E-state index contributed by atoms with van der Waals surface area (Å²) in [6, 6.07) is 60.6. The summed E-state index contributed by atoms with van der Waals surface area (Å²) < 4.78 is 1.37. The highest BCUT2D eigenvalue weighted by atomic mass is 32.1. The fraction of sp³-hybridized carbons (Fsp3) is 0.120. The molecular formula is C50H39NS. The van der Waals surface area contributed by atoms with Crippen molar-refractivity contribution in [2.24, 2.45) is 0 Å². The van der Waals surface area contributed by atoms with E-state index in [0.29, 0.717) is 0 Å². The van der Waals surface area contributed by atoms with Gasteiger partial charge in [0.1, 0.15) is 0 Å². The van der Waals surface area contributed by atoms with Crippen LogP contribution in [0.1, 0.15) is 49.9 Å². The van der Waals surface area contributed by atoms with E-state index in [1.807, 2.05) is 11.3 Å². The molecule has 8 aromatic rings. The van der Waals surface area contributed by atoms with Crippen molar-refractivity contribution in [3.8, 4) is 43.8 Å². The van der Waals surface area contributed by atoms with E-state index in [9.17, 15) is 0 Å². The zero-order valence-electron chi connectivity index (χ0n) is 29.9. The number of fused-ring (bicyclic) bond motifs is 8. The summed E-state index contributed by atoms with van der Waals surface area (Å²) in [5.41, 5.74) is 18.0. The number of nitrogens with zero attached hydrogens (tertiary/aromatic N) is 1. The predicted octanol–water partition coefficient (Wildman–Crippen LogP) is 14.3. The third-order valence-electron chi connectivity index (χ3n) is 11.7. The van der Waals surface area contributed by atoms with Crippen molar-refractivity contribution in [3.05, 3.63) is 186 Å². The summed E-state index contributed by atoms with van der Waals surface area (Å²) >= 11 is 1.94. The van der Waals surface area contributed by atoms with Crippen LogP contribution in [0, 0.1) is 0 Å². The van der Waals surface area contributed by atoms with Crippen LogP contribution in [0.3, 0.4) is 0 Å². The standard InChI is InChI=1S/C50H39NS/c1-49(2)42-18-10-8-15-39(42)41-31-37(29-30-43(41)49)51(35-25-21-33(22-26-35)32-13-6-5-7-14-32)36-27-23-34(24-28-36)38-17-12-19-44-46(38)48-47(50(44,3)4)40-16-9-11-20-45(40)52-48/h5-31H,1-4H3. The first-order valence-corrected chi connectivity index (χ1v) is 19.1. The lowest BCUT2D eigenvalue weighted by Gasteiger charge is -2.27. The van der Waals surface area contributed by atoms with Crippen molar-refractivity contribution in [1.29, 1.82) is 0 Å². The molecule has 7 aromatic carbocycles. The molecule has 0 unspecified atom stereocenters. The lowest BCUT2D eigenvalue weighted by Crippen LogP contribution is -2.15. The Kier molecular flexibility index (Phi) is 6.81. The van der Waals surface area contributed by atoms with E-state index in [1.54, 1.807) is 0 Å². The highest BCUT2D eigenvalue weighted by molar-refractivity contribution is 7.22. The monoisotopic (exact) mass is 685 g/mol. The molecule has 0 saturated heterocycles. The Morgan fingerprint density at radius 2 is 1.00 bits per heavy atom. The van der Waals surface area contributed by atoms with E-state index in [-0.39, 0.29) is 10.8 Å². The molecule has 0 fully saturated rings. The van der Waals surface area contributed by atoms with Gasteiger partial charge in [0.15, 0.2) is 0 Å². The SMILES string of the molecule is CC1(C)c2ccccc2-c2cc(N(c3ccc(-c4ccccc4)cc3)c3ccc(-c4cccc5c4-c4sc6ccccc6c4C5(C)C)cc3)ccc21. The first-order valence-electron chi connectivity index (χ1n) is 18.3. The van der Waals surface area contributed by atoms with Gasteiger partial charge in [-0.25, -0.2) is 0 Å². The maximum Gasteiger partial charge on any atom is 0.0468 e. The van der Waals surface area contributed by atoms with Crippen LogP contribution in [-0.2, 0) is 10.8 Å². The van der Waals surface area contributed by atoms with Crippen molar-refractivity contribution in [3.63, 3.8) is 0 Å². The average molecular weight is 686 g/mol. The zero-order valence-corrected chi connectivity index (χ0v) is 30.8. The summed E-state index contributed by atoms with van der Waals surface area (Å²) in [6.45, 7) is 9.47. The smallest absolute Gasteiger partial charge is 0.0468 e. The molecule has 2 aliphatic rings. The first kappa shape index (κ1) is 31.1. The molecule has 2 heteroatoms. The second-order valence-electron chi connectivity index (χ2n) is 15.4. The lowest BCUT2D eigenvalue weighted by molar-refractivity contribution is 0.660. The highest BCUT2D eigenvalue weighted by Crippen LogP contribution is 2.58. The Balaban J connectivity index is 1.10. The van der Waals surface area contributed by atoms with E-state index in [0.717, 1.165) is 17.1 Å². The van der Waals surface area contributed by atoms with Crippen LogP contribution in [0.15, 0.2) is 164 Å². The maximum atomic E-state index is 2.41. The molecule has 0 spiro atoms. The molecule has 0 bridgehead atoms. The molecule has 0 saturated carbocycles. The van der Waals surface area contributed by atoms with Crippen LogP contribution >= 0.6 is 11.3 Å². The minimum Gasteiger partial charge on any atom is -0.310 e. The van der Waals surface area contributed by atoms with Gasteiger partial charge in [-0.1, -0.05) is 149 Å². The molecule has 10 rings (SSSR count). The third kappa shape index (κ3) is 4.54. The highest BCUT2D eigenvalue weighted by Gasteiger charge is 2.40. The fourth-order valence-electron chi connectivity index (χ4n) is 9.05. The number of hydrogen-bond acceptors (Lipinski definition) is 2. The number of thiophene rings is 1. The molecule has 2 aliphatic carbocycles. The molecule has 0 radical (unpaired) electrons. The van der Waals surface area contributed by atoms with Crippen molar-refractivity contribution in [1.82, 2.24) is 0 Å². The van der Waals surface area contributed by atoms with Crippen molar-refractivity contribution >= 4 is 38.5 Å². The van der Waals surface area contributed by atoms with E-state index >= 15 is 0 Å². The van der Waals surface area contributed by atoms with Crippen molar-refractivity contribution in [2.45, 2.75) is 38.5 Å². The maximum absolute atomic E-state index is 2.41. The predicted molar refractivity (Wildman–Crippen MR) is 223 cm³/mol. The third-order valence-corrected chi connectivity index (χ3v) is 12.9. The quantitative estimate of drug-likeness (QED) is 0.174. The number of rotatable bonds is 5. The fourth-order valence-corrected chi connectivity index (χ4v) is 10.5. The number of benzene rings is 7. The Hall–Kier alpha value is -5.70. The van der Waals surface area contributed by atoms with E-state index in [2.05, 4.69) is 196 Å². The second kappa shape index (κ2) is 11.4. The van der Waals surface area contributed by atoms with Gasteiger partial charge < -0.3 is 4.90 Å². The van der Waals surface area contributed by atoms with Crippen LogP contribution in [0.4, 0.5) is 17.1 Å². The minimum absolute atomic E-state index is 0.0347. The Bertz CT molecular complexity index is 2660. The van der Waals surface area contributed by atoms with Crippen LogP contribution in [0.5, 0.6) is 0 Å². The van der Waals surface area contributed by atoms with Gasteiger partial charge in [-0.05, 0) is 103 Å². The Labute approximate surface area is 310 Å². The first-order chi connectivity index (χ1) is 25.3. The largest absolute Gasteiger partial charge is 0.310 e. The lowest BCUT2D eigenvalue weighted by atomic mass is 9.81.